The Morgan fingerprint density at radius 3 is 2.68 bits per heavy atom. The Morgan fingerprint density at radius 1 is 1.16 bits per heavy atom. The summed E-state index contributed by atoms with van der Waals surface area (Å²) in [6.45, 7) is 0. The van der Waals surface area contributed by atoms with Gasteiger partial charge in [0.2, 0.25) is 0 Å². The molecule has 0 amide bonds. The van der Waals surface area contributed by atoms with Gasteiger partial charge in [0, 0.05) is 23.2 Å². The maximum Gasteiger partial charge on any atom is 0.269 e. The zero-order valence-corrected chi connectivity index (χ0v) is 10.6. The summed E-state index contributed by atoms with van der Waals surface area (Å²) in [4.78, 5) is 15.5. The molecule has 2 heterocycles. The van der Waals surface area contributed by atoms with Gasteiger partial charge in [-0.25, -0.2) is 4.98 Å². The maximum absolute atomic E-state index is 10.6. The summed E-state index contributed by atoms with van der Waals surface area (Å²) in [5.41, 5.74) is 1.12. The summed E-state index contributed by atoms with van der Waals surface area (Å²) in [6, 6.07) is 12.3. The molecule has 2 aromatic heterocycles. The molecule has 0 spiro atoms. The van der Waals surface area contributed by atoms with Gasteiger partial charge in [-0.15, -0.1) is 0 Å². The summed E-state index contributed by atoms with van der Waals surface area (Å²) in [5, 5.41) is 11.5. The van der Waals surface area contributed by atoms with E-state index in [0.29, 0.717) is 0 Å². The molecule has 0 saturated carbocycles. The van der Waals surface area contributed by atoms with Gasteiger partial charge in [0.05, 0.1) is 10.4 Å². The van der Waals surface area contributed by atoms with E-state index >= 15 is 0 Å². The molecule has 1 aromatic carbocycles. The Hall–Kier alpha value is -2.34. The predicted molar refractivity (Wildman–Crippen MR) is 72.4 cm³/mol. The van der Waals surface area contributed by atoms with Gasteiger partial charge in [-0.1, -0.05) is 17.8 Å². The van der Waals surface area contributed by atoms with Gasteiger partial charge in [-0.05, 0) is 24.3 Å². The Kier molecular flexibility index (Phi) is 2.92. The van der Waals surface area contributed by atoms with Crippen LogP contribution in [0.25, 0.3) is 5.52 Å². The Labute approximate surface area is 113 Å². The van der Waals surface area contributed by atoms with Crippen molar-refractivity contribution in [3.05, 3.63) is 65.1 Å². The van der Waals surface area contributed by atoms with E-state index in [9.17, 15) is 10.1 Å². The third-order valence-electron chi connectivity index (χ3n) is 2.67. The molecule has 3 rings (SSSR count). The highest BCUT2D eigenvalue weighted by Gasteiger charge is 2.08. The molecule has 6 heteroatoms. The van der Waals surface area contributed by atoms with E-state index in [1.54, 1.807) is 18.5 Å². The van der Waals surface area contributed by atoms with Crippen LogP contribution in [0.3, 0.4) is 0 Å². The minimum absolute atomic E-state index is 0.0963. The molecule has 0 unspecified atom stereocenters. The van der Waals surface area contributed by atoms with Crippen LogP contribution in [-0.4, -0.2) is 14.3 Å². The second kappa shape index (κ2) is 4.74. The van der Waals surface area contributed by atoms with Gasteiger partial charge in [0.25, 0.3) is 5.69 Å². The number of rotatable bonds is 3. The monoisotopic (exact) mass is 271 g/mol. The van der Waals surface area contributed by atoms with Crippen molar-refractivity contribution in [3.63, 3.8) is 0 Å². The first-order valence-corrected chi connectivity index (χ1v) is 6.40. The van der Waals surface area contributed by atoms with Crippen molar-refractivity contribution in [2.75, 3.05) is 0 Å². The van der Waals surface area contributed by atoms with Crippen LogP contribution in [0.4, 0.5) is 5.69 Å². The van der Waals surface area contributed by atoms with Gasteiger partial charge in [-0.2, -0.15) is 0 Å². The molecule has 19 heavy (non-hydrogen) atoms. The topological polar surface area (TPSA) is 60.4 Å². The van der Waals surface area contributed by atoms with Gasteiger partial charge in [0.15, 0.2) is 0 Å². The molecule has 0 fully saturated rings. The molecule has 0 saturated heterocycles. The zero-order valence-electron chi connectivity index (χ0n) is 9.76. The summed E-state index contributed by atoms with van der Waals surface area (Å²) in [6.07, 6.45) is 3.69. The first-order chi connectivity index (χ1) is 9.24. The van der Waals surface area contributed by atoms with Crippen molar-refractivity contribution in [2.24, 2.45) is 0 Å². The van der Waals surface area contributed by atoms with Crippen molar-refractivity contribution in [1.29, 1.82) is 0 Å². The molecule has 94 valence electrons. The van der Waals surface area contributed by atoms with Crippen LogP contribution in [0.15, 0.2) is 64.9 Å². The average Bonchev–Trinajstić information content (AvgIpc) is 2.83. The molecule has 0 radical (unpaired) electrons. The van der Waals surface area contributed by atoms with Crippen molar-refractivity contribution >= 4 is 23.0 Å². The quantitative estimate of drug-likeness (QED) is 0.541. The summed E-state index contributed by atoms with van der Waals surface area (Å²) < 4.78 is 1.94. The minimum Gasteiger partial charge on any atom is -0.305 e. The Morgan fingerprint density at radius 2 is 1.95 bits per heavy atom. The molecule has 0 aliphatic heterocycles. The van der Waals surface area contributed by atoms with Crippen LogP contribution in [0, 0.1) is 10.1 Å². The van der Waals surface area contributed by atoms with Gasteiger partial charge in [0.1, 0.15) is 11.4 Å². The number of aromatic nitrogens is 2. The highest BCUT2D eigenvalue weighted by molar-refractivity contribution is 7.99. The maximum atomic E-state index is 10.6. The van der Waals surface area contributed by atoms with Crippen LogP contribution >= 0.6 is 11.8 Å². The molecule has 0 atom stereocenters. The van der Waals surface area contributed by atoms with E-state index in [4.69, 9.17) is 0 Å². The number of nitro benzene ring substituents is 1. The number of non-ortho nitro benzene ring substituents is 1. The van der Waals surface area contributed by atoms with Crippen LogP contribution in [0.2, 0.25) is 0 Å². The largest absolute Gasteiger partial charge is 0.305 e. The molecule has 5 nitrogen and oxygen atoms in total. The SMILES string of the molecule is O=[N+]([O-])c1ccc(Sc2ncn3ccccc23)cc1. The van der Waals surface area contributed by atoms with E-state index in [1.165, 1.54) is 23.9 Å². The van der Waals surface area contributed by atoms with Crippen LogP contribution in [-0.2, 0) is 0 Å². The fraction of sp³-hybridized carbons (Fsp3) is 0. The molecule has 0 aliphatic carbocycles. The Bertz CT molecular complexity index is 737. The molecular weight excluding hydrogens is 262 g/mol. The number of nitro groups is 1. The van der Waals surface area contributed by atoms with Crippen molar-refractivity contribution in [2.45, 2.75) is 9.92 Å². The lowest BCUT2D eigenvalue weighted by molar-refractivity contribution is -0.384. The number of pyridine rings is 1. The third-order valence-corrected chi connectivity index (χ3v) is 3.69. The van der Waals surface area contributed by atoms with E-state index in [-0.39, 0.29) is 5.69 Å². The second-order valence-corrected chi connectivity index (χ2v) is 4.96. The standard InChI is InChI=1S/C13H9N3O2S/c17-16(18)10-4-6-11(7-5-10)19-13-12-3-1-2-8-15(12)9-14-13/h1-9H. The van der Waals surface area contributed by atoms with Crippen molar-refractivity contribution in [3.8, 4) is 0 Å². The van der Waals surface area contributed by atoms with E-state index in [0.717, 1.165) is 15.4 Å². The van der Waals surface area contributed by atoms with E-state index in [2.05, 4.69) is 4.98 Å². The van der Waals surface area contributed by atoms with Crippen LogP contribution < -0.4 is 0 Å². The zero-order chi connectivity index (χ0) is 13.2. The first kappa shape index (κ1) is 11.7. The smallest absolute Gasteiger partial charge is 0.269 e. The Balaban J connectivity index is 1.90. The lowest BCUT2D eigenvalue weighted by Gasteiger charge is -1.99. The molecule has 0 bridgehead atoms. The molecule has 0 aliphatic rings. The number of hydrogen-bond acceptors (Lipinski definition) is 4. The van der Waals surface area contributed by atoms with Crippen molar-refractivity contribution in [1.82, 2.24) is 9.38 Å². The van der Waals surface area contributed by atoms with Crippen molar-refractivity contribution < 1.29 is 4.92 Å². The number of hydrogen-bond donors (Lipinski definition) is 0. The lowest BCUT2D eigenvalue weighted by Crippen LogP contribution is -1.86. The molecule has 0 N–H and O–H groups in total. The van der Waals surface area contributed by atoms with Crippen LogP contribution in [0.1, 0.15) is 0 Å². The average molecular weight is 271 g/mol. The van der Waals surface area contributed by atoms with Gasteiger partial charge in [-0.3, -0.25) is 10.1 Å². The summed E-state index contributed by atoms with van der Waals surface area (Å²) in [7, 11) is 0. The molecule has 3 aromatic rings. The fourth-order valence-electron chi connectivity index (χ4n) is 1.74. The highest BCUT2D eigenvalue weighted by atomic mass is 32.2. The number of imidazole rings is 1. The lowest BCUT2D eigenvalue weighted by atomic mass is 10.3. The number of fused-ring (bicyclic) bond motifs is 1. The minimum atomic E-state index is -0.402. The molecular formula is C13H9N3O2S. The predicted octanol–water partition coefficient (Wildman–Crippen LogP) is 3.39. The number of nitrogens with zero attached hydrogens (tertiary/aromatic N) is 3. The number of benzene rings is 1. The normalized spacial score (nSPS) is 10.7. The van der Waals surface area contributed by atoms with Gasteiger partial charge < -0.3 is 4.40 Å². The first-order valence-electron chi connectivity index (χ1n) is 5.58. The summed E-state index contributed by atoms with van der Waals surface area (Å²) in [5.74, 6) is 0. The van der Waals surface area contributed by atoms with Gasteiger partial charge >= 0.3 is 0 Å². The second-order valence-electron chi connectivity index (χ2n) is 3.90. The van der Waals surface area contributed by atoms with Crippen LogP contribution in [0.5, 0.6) is 0 Å². The van der Waals surface area contributed by atoms with E-state index in [1.807, 2.05) is 28.8 Å². The highest BCUT2D eigenvalue weighted by Crippen LogP contribution is 2.30. The van der Waals surface area contributed by atoms with E-state index < -0.39 is 4.92 Å². The fourth-order valence-corrected chi connectivity index (χ4v) is 2.62. The third kappa shape index (κ3) is 2.30. The summed E-state index contributed by atoms with van der Waals surface area (Å²) >= 11 is 1.49.